The molecule has 0 aromatic rings. The molecule has 1 radical (unpaired) electrons. The van der Waals surface area contributed by atoms with Crippen molar-refractivity contribution in [3.8, 4) is 0 Å². The first kappa shape index (κ1) is 13.0. The normalized spacial score (nSPS) is 10.6. The highest BCUT2D eigenvalue weighted by atomic mass is 14.8. The monoisotopic (exact) mass is 184 g/mol. The third-order valence-electron chi connectivity index (χ3n) is 2.38. The van der Waals surface area contributed by atoms with Crippen molar-refractivity contribution in [2.45, 2.75) is 58.3 Å². The maximum Gasteiger partial charge on any atom is -0.00484 e. The Morgan fingerprint density at radius 1 is 0.846 bits per heavy atom. The molecule has 0 heterocycles. The van der Waals surface area contributed by atoms with Gasteiger partial charge in [-0.1, -0.05) is 51.9 Å². The van der Waals surface area contributed by atoms with Crippen LogP contribution in [0.25, 0.3) is 0 Å². The molecule has 0 fully saturated rings. The zero-order valence-corrected chi connectivity index (χ0v) is 9.28. The van der Waals surface area contributed by atoms with Gasteiger partial charge in [-0.25, -0.2) is 0 Å². The molecule has 79 valence electrons. The summed E-state index contributed by atoms with van der Waals surface area (Å²) in [4.78, 5) is 0. The van der Waals surface area contributed by atoms with Gasteiger partial charge in [0.1, 0.15) is 0 Å². The number of rotatable bonds is 10. The minimum Gasteiger partial charge on any atom is -0.317 e. The average molecular weight is 184 g/mol. The zero-order chi connectivity index (χ0) is 9.78. The van der Waals surface area contributed by atoms with Crippen molar-refractivity contribution < 1.29 is 0 Å². The maximum absolute atomic E-state index is 3.74. The second kappa shape index (κ2) is 12.0. The van der Waals surface area contributed by atoms with Crippen LogP contribution in [0.3, 0.4) is 0 Å². The first-order valence-corrected chi connectivity index (χ1v) is 5.91. The molecule has 0 aromatic carbocycles. The highest BCUT2D eigenvalue weighted by Gasteiger charge is 1.90. The fraction of sp³-hybridized carbons (Fsp3) is 0.917. The van der Waals surface area contributed by atoms with E-state index in [0.717, 1.165) is 13.1 Å². The van der Waals surface area contributed by atoms with Gasteiger partial charge in [0, 0.05) is 0 Å². The molecule has 0 atom stereocenters. The van der Waals surface area contributed by atoms with Gasteiger partial charge < -0.3 is 5.32 Å². The molecule has 0 saturated heterocycles. The Balaban J connectivity index is 2.76. The summed E-state index contributed by atoms with van der Waals surface area (Å²) < 4.78 is 0. The summed E-state index contributed by atoms with van der Waals surface area (Å²) in [7, 11) is 0. The Labute approximate surface area is 84.3 Å². The van der Waals surface area contributed by atoms with Gasteiger partial charge in [0.15, 0.2) is 0 Å². The van der Waals surface area contributed by atoms with Gasteiger partial charge in [0.2, 0.25) is 0 Å². The minimum absolute atomic E-state index is 0.872. The van der Waals surface area contributed by atoms with Gasteiger partial charge >= 0.3 is 0 Å². The van der Waals surface area contributed by atoms with E-state index in [0.29, 0.717) is 0 Å². The van der Waals surface area contributed by atoms with Gasteiger partial charge in [-0.15, -0.1) is 0 Å². The van der Waals surface area contributed by atoms with Crippen LogP contribution in [0.4, 0.5) is 0 Å². The number of unbranched alkanes of at least 4 members (excludes halogenated alkanes) is 7. The molecular weight excluding hydrogens is 158 g/mol. The lowest BCUT2D eigenvalue weighted by Crippen LogP contribution is -2.13. The van der Waals surface area contributed by atoms with Gasteiger partial charge in [-0.3, -0.25) is 0 Å². The molecule has 0 rings (SSSR count). The average Bonchev–Trinajstić information content (AvgIpc) is 2.16. The van der Waals surface area contributed by atoms with E-state index in [1.165, 1.54) is 51.4 Å². The first-order chi connectivity index (χ1) is 6.41. The minimum atomic E-state index is 0.872. The Hall–Kier alpha value is -0.0400. The van der Waals surface area contributed by atoms with E-state index in [-0.39, 0.29) is 0 Å². The molecule has 13 heavy (non-hydrogen) atoms. The lowest BCUT2D eigenvalue weighted by Gasteiger charge is -2.01. The molecule has 1 N–H and O–H groups in total. The molecule has 0 aliphatic carbocycles. The lowest BCUT2D eigenvalue weighted by molar-refractivity contribution is 0.563. The van der Waals surface area contributed by atoms with Crippen molar-refractivity contribution in [3.05, 3.63) is 6.92 Å². The van der Waals surface area contributed by atoms with Crippen molar-refractivity contribution in [1.82, 2.24) is 5.32 Å². The molecule has 0 amide bonds. The van der Waals surface area contributed by atoms with Crippen molar-refractivity contribution >= 4 is 0 Å². The second-order valence-electron chi connectivity index (χ2n) is 3.72. The molecule has 1 heteroatoms. The molecule has 0 saturated carbocycles. The van der Waals surface area contributed by atoms with Crippen molar-refractivity contribution in [2.24, 2.45) is 0 Å². The molecule has 0 spiro atoms. The van der Waals surface area contributed by atoms with E-state index < -0.39 is 0 Å². The summed E-state index contributed by atoms with van der Waals surface area (Å²) in [5, 5.41) is 3.25. The SMILES string of the molecule is [CH2]CNCCCCCCCCCC. The Bertz CT molecular complexity index is 71.2. The molecule has 0 unspecified atom stereocenters. The molecule has 0 aromatic heterocycles. The van der Waals surface area contributed by atoms with Gasteiger partial charge in [-0.05, 0) is 26.4 Å². The van der Waals surface area contributed by atoms with Crippen LogP contribution in [-0.4, -0.2) is 13.1 Å². The zero-order valence-electron chi connectivity index (χ0n) is 9.28. The van der Waals surface area contributed by atoms with E-state index in [4.69, 9.17) is 0 Å². The quantitative estimate of drug-likeness (QED) is 0.512. The van der Waals surface area contributed by atoms with Crippen LogP contribution in [0.2, 0.25) is 0 Å². The van der Waals surface area contributed by atoms with Crippen LogP contribution in [0.15, 0.2) is 0 Å². The fourth-order valence-corrected chi connectivity index (χ4v) is 1.51. The summed E-state index contributed by atoms with van der Waals surface area (Å²) in [6.07, 6.45) is 11.2. The summed E-state index contributed by atoms with van der Waals surface area (Å²) in [6, 6.07) is 0. The van der Waals surface area contributed by atoms with Crippen LogP contribution in [0, 0.1) is 6.92 Å². The first-order valence-electron chi connectivity index (χ1n) is 5.91. The number of hydrogen-bond donors (Lipinski definition) is 1. The summed E-state index contributed by atoms with van der Waals surface area (Å²) >= 11 is 0. The van der Waals surface area contributed by atoms with Crippen LogP contribution < -0.4 is 5.32 Å². The lowest BCUT2D eigenvalue weighted by atomic mass is 10.1. The Kier molecular flexibility index (Phi) is 11.9. The van der Waals surface area contributed by atoms with E-state index in [2.05, 4.69) is 19.2 Å². The predicted molar refractivity (Wildman–Crippen MR) is 60.8 cm³/mol. The third kappa shape index (κ3) is 12.0. The van der Waals surface area contributed by atoms with Gasteiger partial charge in [0.05, 0.1) is 0 Å². The molecule has 0 bridgehead atoms. The second-order valence-corrected chi connectivity index (χ2v) is 3.72. The Morgan fingerprint density at radius 2 is 1.38 bits per heavy atom. The topological polar surface area (TPSA) is 12.0 Å². The smallest absolute Gasteiger partial charge is 0.00484 e. The number of nitrogens with one attached hydrogen (secondary N) is 1. The highest BCUT2D eigenvalue weighted by molar-refractivity contribution is 4.50. The van der Waals surface area contributed by atoms with Crippen LogP contribution >= 0.6 is 0 Å². The summed E-state index contributed by atoms with van der Waals surface area (Å²) in [6.45, 7) is 8.03. The summed E-state index contributed by atoms with van der Waals surface area (Å²) in [5.74, 6) is 0. The predicted octanol–water partition coefficient (Wildman–Crippen LogP) is 3.55. The Morgan fingerprint density at radius 3 is 1.92 bits per heavy atom. The maximum atomic E-state index is 3.74. The van der Waals surface area contributed by atoms with Crippen LogP contribution in [-0.2, 0) is 0 Å². The fourth-order valence-electron chi connectivity index (χ4n) is 1.51. The molecule has 1 nitrogen and oxygen atoms in total. The third-order valence-corrected chi connectivity index (χ3v) is 2.38. The van der Waals surface area contributed by atoms with Crippen LogP contribution in [0.1, 0.15) is 58.3 Å². The van der Waals surface area contributed by atoms with E-state index in [9.17, 15) is 0 Å². The largest absolute Gasteiger partial charge is 0.317 e. The standard InChI is InChI=1S/C12H26N/c1-3-5-6-7-8-9-10-11-12-13-4-2/h13H,2-12H2,1H3. The van der Waals surface area contributed by atoms with Crippen molar-refractivity contribution in [3.63, 3.8) is 0 Å². The van der Waals surface area contributed by atoms with E-state index in [1.54, 1.807) is 0 Å². The van der Waals surface area contributed by atoms with Crippen molar-refractivity contribution in [2.75, 3.05) is 13.1 Å². The van der Waals surface area contributed by atoms with Gasteiger partial charge in [0.25, 0.3) is 0 Å². The van der Waals surface area contributed by atoms with Crippen LogP contribution in [0.5, 0.6) is 0 Å². The molecular formula is C12H26N. The molecule has 0 aliphatic rings. The van der Waals surface area contributed by atoms with E-state index >= 15 is 0 Å². The van der Waals surface area contributed by atoms with Crippen molar-refractivity contribution in [1.29, 1.82) is 0 Å². The van der Waals surface area contributed by atoms with E-state index in [1.807, 2.05) is 0 Å². The highest BCUT2D eigenvalue weighted by Crippen LogP contribution is 2.07. The van der Waals surface area contributed by atoms with Gasteiger partial charge in [-0.2, -0.15) is 0 Å². The molecule has 0 aliphatic heterocycles. The summed E-state index contributed by atoms with van der Waals surface area (Å²) in [5.41, 5.74) is 0. The number of hydrogen-bond acceptors (Lipinski definition) is 1.